The summed E-state index contributed by atoms with van der Waals surface area (Å²) in [6, 6.07) is 12.3. The van der Waals surface area contributed by atoms with Crippen LogP contribution >= 0.6 is 0 Å². The Hall–Kier alpha value is -3.46. The average molecular weight is 310 g/mol. The first-order chi connectivity index (χ1) is 11.0. The molecule has 6 heteroatoms. The predicted molar refractivity (Wildman–Crippen MR) is 85.0 cm³/mol. The molecular formula is C17H14N2O4. The van der Waals surface area contributed by atoms with E-state index in [1.807, 2.05) is 0 Å². The molecule has 2 aromatic carbocycles. The second-order valence-electron chi connectivity index (χ2n) is 4.60. The van der Waals surface area contributed by atoms with Crippen molar-refractivity contribution in [3.63, 3.8) is 0 Å². The van der Waals surface area contributed by atoms with Crippen LogP contribution in [0.1, 0.15) is 5.56 Å². The van der Waals surface area contributed by atoms with Crippen LogP contribution in [0.3, 0.4) is 0 Å². The third-order valence-electron chi connectivity index (χ3n) is 3.03. The Kier molecular flexibility index (Phi) is 4.85. The minimum absolute atomic E-state index is 0.110. The first-order valence-electron chi connectivity index (χ1n) is 6.62. The summed E-state index contributed by atoms with van der Waals surface area (Å²) in [5.74, 6) is -0.297. The summed E-state index contributed by atoms with van der Waals surface area (Å²) < 4.78 is 5.02. The molecule has 23 heavy (non-hydrogen) atoms. The fourth-order valence-corrected chi connectivity index (χ4v) is 1.83. The van der Waals surface area contributed by atoms with E-state index < -0.39 is 5.91 Å². The SMILES string of the molecule is COc1ccc(NC(=O)/C(C#N)=C/c2ccc(O)cc2O)cc1. The van der Waals surface area contributed by atoms with Crippen LogP contribution in [0, 0.1) is 11.3 Å². The number of methoxy groups -OCH3 is 1. The molecule has 0 spiro atoms. The molecule has 6 nitrogen and oxygen atoms in total. The fraction of sp³-hybridized carbons (Fsp3) is 0.0588. The van der Waals surface area contributed by atoms with Crippen molar-refractivity contribution in [1.29, 1.82) is 5.26 Å². The molecule has 0 aliphatic rings. The van der Waals surface area contributed by atoms with Gasteiger partial charge in [-0.1, -0.05) is 0 Å². The predicted octanol–water partition coefficient (Wildman–Crippen LogP) is 2.65. The maximum absolute atomic E-state index is 12.1. The van der Waals surface area contributed by atoms with Crippen molar-refractivity contribution in [2.24, 2.45) is 0 Å². The van der Waals surface area contributed by atoms with Crippen LogP contribution in [0.5, 0.6) is 17.2 Å². The molecule has 0 radical (unpaired) electrons. The summed E-state index contributed by atoms with van der Waals surface area (Å²) in [7, 11) is 1.54. The quantitative estimate of drug-likeness (QED) is 0.595. The minimum atomic E-state index is -0.606. The lowest BCUT2D eigenvalue weighted by molar-refractivity contribution is -0.112. The van der Waals surface area contributed by atoms with Gasteiger partial charge in [0.05, 0.1) is 7.11 Å². The van der Waals surface area contributed by atoms with Gasteiger partial charge in [0.15, 0.2) is 0 Å². The van der Waals surface area contributed by atoms with Gasteiger partial charge < -0.3 is 20.3 Å². The largest absolute Gasteiger partial charge is 0.508 e. The van der Waals surface area contributed by atoms with Crippen molar-refractivity contribution < 1.29 is 19.7 Å². The van der Waals surface area contributed by atoms with E-state index in [1.54, 1.807) is 30.3 Å². The Labute approximate surface area is 132 Å². The molecule has 2 aromatic rings. The summed E-state index contributed by atoms with van der Waals surface area (Å²) in [6.07, 6.45) is 1.24. The van der Waals surface area contributed by atoms with E-state index in [0.717, 1.165) is 6.07 Å². The van der Waals surface area contributed by atoms with Crippen molar-refractivity contribution in [2.45, 2.75) is 0 Å². The van der Waals surface area contributed by atoms with Crippen LogP contribution in [0.25, 0.3) is 6.08 Å². The van der Waals surface area contributed by atoms with E-state index in [9.17, 15) is 15.0 Å². The number of benzene rings is 2. The molecule has 0 saturated carbocycles. The number of hydrogen-bond acceptors (Lipinski definition) is 5. The number of carbonyl (C=O) groups excluding carboxylic acids is 1. The van der Waals surface area contributed by atoms with Gasteiger partial charge in [-0.05, 0) is 42.5 Å². The Morgan fingerprint density at radius 2 is 1.91 bits per heavy atom. The highest BCUT2D eigenvalue weighted by molar-refractivity contribution is 6.09. The lowest BCUT2D eigenvalue weighted by Gasteiger charge is -2.06. The molecule has 2 rings (SSSR count). The van der Waals surface area contributed by atoms with Crippen LogP contribution in [-0.2, 0) is 4.79 Å². The van der Waals surface area contributed by atoms with Gasteiger partial charge in [0.25, 0.3) is 5.91 Å². The first kappa shape index (κ1) is 15.9. The van der Waals surface area contributed by atoms with Gasteiger partial charge >= 0.3 is 0 Å². The maximum Gasteiger partial charge on any atom is 0.266 e. The highest BCUT2D eigenvalue weighted by Gasteiger charge is 2.11. The molecule has 0 saturated heterocycles. The molecule has 0 aliphatic carbocycles. The zero-order valence-electron chi connectivity index (χ0n) is 12.3. The van der Waals surface area contributed by atoms with Crippen molar-refractivity contribution in [2.75, 3.05) is 12.4 Å². The smallest absolute Gasteiger partial charge is 0.266 e. The number of phenolic OH excluding ortho intramolecular Hbond substituents is 2. The lowest BCUT2D eigenvalue weighted by Crippen LogP contribution is -2.13. The number of carbonyl (C=O) groups is 1. The number of nitrogens with one attached hydrogen (secondary N) is 1. The third-order valence-corrected chi connectivity index (χ3v) is 3.03. The number of hydrogen-bond donors (Lipinski definition) is 3. The molecule has 1 amide bonds. The van der Waals surface area contributed by atoms with Gasteiger partial charge in [-0.3, -0.25) is 4.79 Å². The summed E-state index contributed by atoms with van der Waals surface area (Å²) in [5.41, 5.74) is 0.581. The molecule has 0 aliphatic heterocycles. The van der Waals surface area contributed by atoms with Crippen molar-refractivity contribution in [3.8, 4) is 23.3 Å². The first-order valence-corrected chi connectivity index (χ1v) is 6.62. The van der Waals surface area contributed by atoms with Gasteiger partial charge in [-0.15, -0.1) is 0 Å². The molecule has 3 N–H and O–H groups in total. The van der Waals surface area contributed by atoms with Crippen LogP contribution in [0.2, 0.25) is 0 Å². The zero-order valence-corrected chi connectivity index (χ0v) is 12.3. The number of anilines is 1. The molecule has 0 fully saturated rings. The second kappa shape index (κ2) is 7.00. The second-order valence-corrected chi connectivity index (χ2v) is 4.60. The van der Waals surface area contributed by atoms with E-state index in [-0.39, 0.29) is 22.6 Å². The number of aromatic hydroxyl groups is 2. The van der Waals surface area contributed by atoms with Crippen LogP contribution in [-0.4, -0.2) is 23.2 Å². The average Bonchev–Trinajstić information content (AvgIpc) is 2.54. The van der Waals surface area contributed by atoms with E-state index >= 15 is 0 Å². The van der Waals surface area contributed by atoms with Crippen LogP contribution in [0.4, 0.5) is 5.69 Å². The van der Waals surface area contributed by atoms with Crippen molar-refractivity contribution >= 4 is 17.7 Å². The van der Waals surface area contributed by atoms with E-state index in [0.29, 0.717) is 11.4 Å². The van der Waals surface area contributed by atoms with Crippen molar-refractivity contribution in [3.05, 3.63) is 53.6 Å². The highest BCUT2D eigenvalue weighted by Crippen LogP contribution is 2.25. The van der Waals surface area contributed by atoms with Gasteiger partial charge in [0, 0.05) is 17.3 Å². The number of nitriles is 1. The van der Waals surface area contributed by atoms with Gasteiger partial charge in [0.1, 0.15) is 28.9 Å². The zero-order chi connectivity index (χ0) is 16.8. The topological polar surface area (TPSA) is 103 Å². The Morgan fingerprint density at radius 1 is 1.22 bits per heavy atom. The summed E-state index contributed by atoms with van der Waals surface area (Å²) in [4.78, 5) is 12.1. The highest BCUT2D eigenvalue weighted by atomic mass is 16.5. The summed E-state index contributed by atoms with van der Waals surface area (Å²) in [5, 5.41) is 30.7. The number of amides is 1. The number of rotatable bonds is 4. The molecule has 0 heterocycles. The van der Waals surface area contributed by atoms with E-state index in [1.165, 1.54) is 25.3 Å². The monoisotopic (exact) mass is 310 g/mol. The van der Waals surface area contributed by atoms with E-state index in [2.05, 4.69) is 5.32 Å². The lowest BCUT2D eigenvalue weighted by atomic mass is 10.1. The molecule has 0 aromatic heterocycles. The van der Waals surface area contributed by atoms with E-state index in [4.69, 9.17) is 10.00 Å². The standard InChI is InChI=1S/C17H14N2O4/c1-23-15-6-3-13(4-7-15)19-17(22)12(10-18)8-11-2-5-14(20)9-16(11)21/h2-9,20-21H,1H3,(H,19,22)/b12-8+. The number of ether oxygens (including phenoxy) is 1. The van der Waals surface area contributed by atoms with Crippen LogP contribution in [0.15, 0.2) is 48.0 Å². The molecule has 116 valence electrons. The minimum Gasteiger partial charge on any atom is -0.508 e. The molecule has 0 bridgehead atoms. The van der Waals surface area contributed by atoms with Gasteiger partial charge in [-0.25, -0.2) is 0 Å². The van der Waals surface area contributed by atoms with Gasteiger partial charge in [-0.2, -0.15) is 5.26 Å². The third kappa shape index (κ3) is 4.02. The normalized spacial score (nSPS) is 10.7. The number of nitrogens with zero attached hydrogens (tertiary/aromatic N) is 1. The summed E-state index contributed by atoms with van der Waals surface area (Å²) >= 11 is 0. The fourth-order valence-electron chi connectivity index (χ4n) is 1.83. The number of phenols is 2. The van der Waals surface area contributed by atoms with Crippen LogP contribution < -0.4 is 10.1 Å². The maximum atomic E-state index is 12.1. The Balaban J connectivity index is 2.20. The van der Waals surface area contributed by atoms with Crippen molar-refractivity contribution in [1.82, 2.24) is 0 Å². The molecular weight excluding hydrogens is 296 g/mol. The van der Waals surface area contributed by atoms with Gasteiger partial charge in [0.2, 0.25) is 0 Å². The molecule has 0 unspecified atom stereocenters. The Morgan fingerprint density at radius 3 is 2.48 bits per heavy atom. The molecule has 0 atom stereocenters. The Bertz CT molecular complexity index is 789. The summed E-state index contributed by atoms with van der Waals surface area (Å²) in [6.45, 7) is 0.